The fourth-order valence-electron chi connectivity index (χ4n) is 2.00. The summed E-state index contributed by atoms with van der Waals surface area (Å²) < 4.78 is 0. The van der Waals surface area contributed by atoms with E-state index in [0.717, 1.165) is 0 Å². The summed E-state index contributed by atoms with van der Waals surface area (Å²) >= 11 is 5.73. The second-order valence-electron chi connectivity index (χ2n) is 4.63. The SMILES string of the molecule is O=C1CCC(NC(=O)Nc2ccc(Cl)cc2C(=O)O)CN1. The summed E-state index contributed by atoms with van der Waals surface area (Å²) in [4.78, 5) is 34.0. The van der Waals surface area contributed by atoms with Gasteiger partial charge >= 0.3 is 12.0 Å². The molecule has 1 aromatic rings. The van der Waals surface area contributed by atoms with Gasteiger partial charge in [0.25, 0.3) is 0 Å². The highest BCUT2D eigenvalue weighted by Gasteiger charge is 2.20. The number of halogens is 1. The van der Waals surface area contributed by atoms with Gasteiger partial charge in [-0.1, -0.05) is 11.6 Å². The molecule has 0 spiro atoms. The standard InChI is InChI=1S/C13H14ClN3O4/c14-7-1-3-10(9(5-7)12(19)20)17-13(21)16-8-2-4-11(18)15-6-8/h1,3,5,8H,2,4,6H2,(H,15,18)(H,19,20)(H2,16,17,21). The molecule has 1 fully saturated rings. The minimum absolute atomic E-state index is 0.0423. The molecule has 8 heteroatoms. The smallest absolute Gasteiger partial charge is 0.337 e. The Labute approximate surface area is 125 Å². The fourth-order valence-corrected chi connectivity index (χ4v) is 2.17. The number of aromatic carboxylic acids is 1. The zero-order valence-electron chi connectivity index (χ0n) is 11.0. The highest BCUT2D eigenvalue weighted by molar-refractivity contribution is 6.31. The van der Waals surface area contributed by atoms with E-state index in [-0.39, 0.29) is 28.2 Å². The number of anilines is 1. The van der Waals surface area contributed by atoms with Crippen molar-refractivity contribution in [3.8, 4) is 0 Å². The Morgan fingerprint density at radius 2 is 2.14 bits per heavy atom. The van der Waals surface area contributed by atoms with Crippen LogP contribution in [-0.2, 0) is 4.79 Å². The number of rotatable bonds is 3. The lowest BCUT2D eigenvalue weighted by Crippen LogP contribution is -2.49. The molecule has 2 rings (SSSR count). The van der Waals surface area contributed by atoms with Crippen LogP contribution in [0.2, 0.25) is 5.02 Å². The first kappa shape index (κ1) is 15.1. The van der Waals surface area contributed by atoms with E-state index in [1.165, 1.54) is 18.2 Å². The summed E-state index contributed by atoms with van der Waals surface area (Å²) in [6.45, 7) is 0.360. The van der Waals surface area contributed by atoms with E-state index < -0.39 is 12.0 Å². The van der Waals surface area contributed by atoms with Crippen molar-refractivity contribution in [2.24, 2.45) is 0 Å². The van der Waals surface area contributed by atoms with Gasteiger partial charge in [-0.05, 0) is 24.6 Å². The monoisotopic (exact) mass is 311 g/mol. The maximum absolute atomic E-state index is 11.9. The Kier molecular flexibility index (Phi) is 4.64. The highest BCUT2D eigenvalue weighted by atomic mass is 35.5. The maximum Gasteiger partial charge on any atom is 0.337 e. The van der Waals surface area contributed by atoms with Gasteiger partial charge in [0.15, 0.2) is 0 Å². The van der Waals surface area contributed by atoms with E-state index in [1.807, 2.05) is 0 Å². The topological polar surface area (TPSA) is 108 Å². The van der Waals surface area contributed by atoms with Crippen LogP contribution in [0.25, 0.3) is 0 Å². The summed E-state index contributed by atoms with van der Waals surface area (Å²) in [7, 11) is 0. The molecule has 21 heavy (non-hydrogen) atoms. The second-order valence-corrected chi connectivity index (χ2v) is 5.07. The number of hydrogen-bond donors (Lipinski definition) is 4. The van der Waals surface area contributed by atoms with E-state index in [9.17, 15) is 14.4 Å². The van der Waals surface area contributed by atoms with E-state index >= 15 is 0 Å². The van der Waals surface area contributed by atoms with Crippen LogP contribution < -0.4 is 16.0 Å². The molecule has 0 bridgehead atoms. The van der Waals surface area contributed by atoms with E-state index in [4.69, 9.17) is 16.7 Å². The molecule has 112 valence electrons. The number of benzene rings is 1. The number of carboxylic acids is 1. The molecule has 1 aromatic carbocycles. The summed E-state index contributed by atoms with van der Waals surface area (Å²) in [6, 6.07) is 3.47. The van der Waals surface area contributed by atoms with Gasteiger partial charge in [-0.15, -0.1) is 0 Å². The van der Waals surface area contributed by atoms with Gasteiger partial charge in [0.2, 0.25) is 5.91 Å². The molecular formula is C13H14ClN3O4. The zero-order chi connectivity index (χ0) is 15.4. The number of urea groups is 1. The molecule has 0 aromatic heterocycles. The number of hydrogen-bond acceptors (Lipinski definition) is 3. The summed E-state index contributed by atoms with van der Waals surface area (Å²) in [5.74, 6) is -1.22. The maximum atomic E-state index is 11.9. The molecular weight excluding hydrogens is 298 g/mol. The summed E-state index contributed by atoms with van der Waals surface area (Å²) in [5.41, 5.74) is 0.0684. The molecule has 1 unspecified atom stereocenters. The predicted molar refractivity (Wildman–Crippen MR) is 76.6 cm³/mol. The van der Waals surface area contributed by atoms with Crippen molar-refractivity contribution in [3.63, 3.8) is 0 Å². The predicted octanol–water partition coefficient (Wildman–Crippen LogP) is 1.44. The third-order valence-electron chi connectivity index (χ3n) is 3.06. The first-order valence-corrected chi connectivity index (χ1v) is 6.70. The third kappa shape index (κ3) is 4.09. The first-order valence-electron chi connectivity index (χ1n) is 6.33. The number of nitrogens with one attached hydrogen (secondary N) is 3. The Morgan fingerprint density at radius 1 is 1.38 bits per heavy atom. The Balaban J connectivity index is 1.99. The lowest BCUT2D eigenvalue weighted by Gasteiger charge is -2.23. The van der Waals surface area contributed by atoms with Crippen molar-refractivity contribution < 1.29 is 19.5 Å². The van der Waals surface area contributed by atoms with Crippen molar-refractivity contribution in [1.82, 2.24) is 10.6 Å². The average molecular weight is 312 g/mol. The molecule has 0 aliphatic carbocycles. The number of carbonyl (C=O) groups excluding carboxylic acids is 2. The van der Waals surface area contributed by atoms with Gasteiger partial charge in [-0.3, -0.25) is 4.79 Å². The van der Waals surface area contributed by atoms with Crippen LogP contribution in [-0.4, -0.2) is 35.6 Å². The minimum Gasteiger partial charge on any atom is -0.478 e. The lowest BCUT2D eigenvalue weighted by molar-refractivity contribution is -0.122. The van der Waals surface area contributed by atoms with Crippen molar-refractivity contribution >= 4 is 35.2 Å². The van der Waals surface area contributed by atoms with Gasteiger partial charge in [-0.25, -0.2) is 9.59 Å². The largest absolute Gasteiger partial charge is 0.478 e. The molecule has 7 nitrogen and oxygen atoms in total. The van der Waals surface area contributed by atoms with Gasteiger partial charge in [-0.2, -0.15) is 0 Å². The van der Waals surface area contributed by atoms with Crippen LogP contribution in [0.4, 0.5) is 10.5 Å². The molecule has 1 atom stereocenters. The number of carbonyl (C=O) groups is 3. The van der Waals surface area contributed by atoms with Crippen LogP contribution in [0.15, 0.2) is 18.2 Å². The normalized spacial score (nSPS) is 17.8. The quantitative estimate of drug-likeness (QED) is 0.677. The molecule has 1 aliphatic heterocycles. The van der Waals surface area contributed by atoms with Crippen LogP contribution >= 0.6 is 11.6 Å². The molecule has 1 saturated heterocycles. The molecule has 1 heterocycles. The van der Waals surface area contributed by atoms with Crippen LogP contribution in [0.3, 0.4) is 0 Å². The van der Waals surface area contributed by atoms with Crippen molar-refractivity contribution in [2.45, 2.75) is 18.9 Å². The third-order valence-corrected chi connectivity index (χ3v) is 3.30. The second kappa shape index (κ2) is 6.45. The molecule has 1 aliphatic rings. The average Bonchev–Trinajstić information content (AvgIpc) is 2.43. The Hall–Kier alpha value is -2.28. The first-order chi connectivity index (χ1) is 9.95. The number of carboxylic acid groups (broad SMARTS) is 1. The van der Waals surface area contributed by atoms with E-state index in [0.29, 0.717) is 19.4 Å². The minimum atomic E-state index is -1.18. The van der Waals surface area contributed by atoms with Crippen molar-refractivity contribution in [2.75, 3.05) is 11.9 Å². The summed E-state index contributed by atoms with van der Waals surface area (Å²) in [5, 5.41) is 17.1. The Bertz CT molecular complexity index is 581. The Morgan fingerprint density at radius 3 is 2.76 bits per heavy atom. The molecule has 4 N–H and O–H groups in total. The highest BCUT2D eigenvalue weighted by Crippen LogP contribution is 2.20. The van der Waals surface area contributed by atoms with Crippen molar-refractivity contribution in [3.05, 3.63) is 28.8 Å². The number of piperidine rings is 1. The van der Waals surface area contributed by atoms with Gasteiger partial charge in [0, 0.05) is 24.0 Å². The van der Waals surface area contributed by atoms with E-state index in [1.54, 1.807) is 0 Å². The van der Waals surface area contributed by atoms with Crippen LogP contribution in [0.1, 0.15) is 23.2 Å². The van der Waals surface area contributed by atoms with Crippen molar-refractivity contribution in [1.29, 1.82) is 0 Å². The molecule has 0 saturated carbocycles. The summed E-state index contributed by atoms with van der Waals surface area (Å²) in [6.07, 6.45) is 0.901. The molecule has 0 radical (unpaired) electrons. The van der Waals surface area contributed by atoms with Crippen LogP contribution in [0, 0.1) is 0 Å². The number of amides is 3. The van der Waals surface area contributed by atoms with Gasteiger partial charge in [0.1, 0.15) is 0 Å². The fraction of sp³-hybridized carbons (Fsp3) is 0.308. The lowest BCUT2D eigenvalue weighted by atomic mass is 10.1. The zero-order valence-corrected chi connectivity index (χ0v) is 11.7. The van der Waals surface area contributed by atoms with Crippen LogP contribution in [0.5, 0.6) is 0 Å². The molecule has 3 amide bonds. The van der Waals surface area contributed by atoms with E-state index in [2.05, 4.69) is 16.0 Å². The van der Waals surface area contributed by atoms with Gasteiger partial charge < -0.3 is 21.1 Å². The van der Waals surface area contributed by atoms with Gasteiger partial charge in [0.05, 0.1) is 11.3 Å².